The summed E-state index contributed by atoms with van der Waals surface area (Å²) in [5.74, 6) is 0. The molecule has 0 aromatic heterocycles. The summed E-state index contributed by atoms with van der Waals surface area (Å²) < 4.78 is 1.13. The third-order valence-corrected chi connectivity index (χ3v) is 3.74. The van der Waals surface area contributed by atoms with E-state index in [0.29, 0.717) is 6.04 Å². The van der Waals surface area contributed by atoms with Gasteiger partial charge in [0, 0.05) is 42.4 Å². The maximum absolute atomic E-state index is 3.54. The smallest absolute Gasteiger partial charge is 0.0485 e. The molecule has 0 spiro atoms. The molecule has 0 bridgehead atoms. The Kier molecular flexibility index (Phi) is 4.21. The third-order valence-electron chi connectivity index (χ3n) is 3.05. The first-order valence-electron chi connectivity index (χ1n) is 5.67. The molecule has 0 saturated carbocycles. The van der Waals surface area contributed by atoms with Gasteiger partial charge in [-0.3, -0.25) is 4.90 Å². The fraction of sp³-hybridized carbons (Fsp3) is 0.500. The molecule has 1 atom stereocenters. The molecule has 1 saturated heterocycles. The molecule has 3 nitrogen and oxygen atoms in total. The van der Waals surface area contributed by atoms with E-state index in [2.05, 4.69) is 56.7 Å². The molecular weight excluding hydrogens is 266 g/mol. The molecule has 1 aliphatic heterocycles. The monoisotopic (exact) mass is 283 g/mol. The average Bonchev–Trinajstić information content (AvgIpc) is 2.30. The molecule has 2 rings (SSSR count). The highest BCUT2D eigenvalue weighted by molar-refractivity contribution is 9.10. The van der Waals surface area contributed by atoms with Gasteiger partial charge >= 0.3 is 0 Å². The van der Waals surface area contributed by atoms with E-state index in [-0.39, 0.29) is 0 Å². The number of anilines is 1. The van der Waals surface area contributed by atoms with Gasteiger partial charge in [-0.25, -0.2) is 0 Å². The van der Waals surface area contributed by atoms with E-state index in [1.807, 2.05) is 6.07 Å². The quantitative estimate of drug-likeness (QED) is 0.885. The minimum Gasteiger partial charge on any atom is -0.383 e. The Morgan fingerprint density at radius 1 is 1.50 bits per heavy atom. The largest absolute Gasteiger partial charge is 0.383 e. The molecule has 88 valence electrons. The van der Waals surface area contributed by atoms with E-state index in [1.165, 1.54) is 5.69 Å². The van der Waals surface area contributed by atoms with Crippen LogP contribution in [0, 0.1) is 0 Å². The molecular formula is C12H18BrN3. The predicted molar refractivity (Wildman–Crippen MR) is 71.9 cm³/mol. The fourth-order valence-corrected chi connectivity index (χ4v) is 2.35. The Hall–Kier alpha value is -0.580. The molecule has 1 aliphatic rings. The summed E-state index contributed by atoms with van der Waals surface area (Å²) in [5.41, 5.74) is 1.17. The number of benzene rings is 1. The van der Waals surface area contributed by atoms with Crippen LogP contribution in [-0.4, -0.2) is 44.2 Å². The second kappa shape index (κ2) is 5.66. The van der Waals surface area contributed by atoms with Gasteiger partial charge in [0.2, 0.25) is 0 Å². The van der Waals surface area contributed by atoms with Crippen molar-refractivity contribution < 1.29 is 0 Å². The molecule has 1 aromatic rings. The molecule has 4 heteroatoms. The van der Waals surface area contributed by atoms with Crippen LogP contribution in [0.4, 0.5) is 5.69 Å². The molecule has 0 aliphatic carbocycles. The Labute approximate surface area is 105 Å². The lowest BCUT2D eigenvalue weighted by atomic mass is 10.2. The second-order valence-electron chi connectivity index (χ2n) is 4.20. The van der Waals surface area contributed by atoms with Gasteiger partial charge in [0.1, 0.15) is 0 Å². The predicted octanol–water partition coefficient (Wildman–Crippen LogP) is 1.76. The van der Waals surface area contributed by atoms with Crippen LogP contribution in [0.25, 0.3) is 0 Å². The lowest BCUT2D eigenvalue weighted by molar-refractivity contribution is 0.209. The van der Waals surface area contributed by atoms with Crippen molar-refractivity contribution >= 4 is 21.6 Å². The molecule has 16 heavy (non-hydrogen) atoms. The highest BCUT2D eigenvalue weighted by Crippen LogP contribution is 2.21. The van der Waals surface area contributed by atoms with E-state index in [4.69, 9.17) is 0 Å². The number of para-hydroxylation sites is 1. The number of nitrogens with zero attached hydrogens (tertiary/aromatic N) is 1. The zero-order chi connectivity index (χ0) is 11.4. The van der Waals surface area contributed by atoms with Crippen molar-refractivity contribution in [2.24, 2.45) is 0 Å². The van der Waals surface area contributed by atoms with Crippen molar-refractivity contribution in [1.82, 2.24) is 10.2 Å². The molecule has 0 amide bonds. The van der Waals surface area contributed by atoms with Crippen molar-refractivity contribution in [1.29, 1.82) is 0 Å². The van der Waals surface area contributed by atoms with Crippen LogP contribution in [0.5, 0.6) is 0 Å². The number of nitrogens with one attached hydrogen (secondary N) is 2. The van der Waals surface area contributed by atoms with Gasteiger partial charge in [0.25, 0.3) is 0 Å². The SMILES string of the molecule is CN1CCNCC1CNc1ccccc1Br. The van der Waals surface area contributed by atoms with Gasteiger partial charge in [-0.15, -0.1) is 0 Å². The number of hydrogen-bond donors (Lipinski definition) is 2. The Morgan fingerprint density at radius 2 is 2.31 bits per heavy atom. The van der Waals surface area contributed by atoms with E-state index >= 15 is 0 Å². The van der Waals surface area contributed by atoms with Crippen LogP contribution in [0.3, 0.4) is 0 Å². The van der Waals surface area contributed by atoms with Crippen molar-refractivity contribution in [2.75, 3.05) is 38.5 Å². The maximum Gasteiger partial charge on any atom is 0.0485 e. The van der Waals surface area contributed by atoms with Crippen LogP contribution in [0.1, 0.15) is 0 Å². The molecule has 1 aromatic carbocycles. The standard InChI is InChI=1S/C12H18BrN3/c1-16-7-6-14-8-10(16)9-15-12-5-3-2-4-11(12)13/h2-5,10,14-15H,6-9H2,1H3. The second-order valence-corrected chi connectivity index (χ2v) is 5.05. The minimum absolute atomic E-state index is 0.570. The molecule has 1 heterocycles. The molecule has 2 N–H and O–H groups in total. The summed E-state index contributed by atoms with van der Waals surface area (Å²) in [4.78, 5) is 2.40. The molecule has 1 fully saturated rings. The van der Waals surface area contributed by atoms with Gasteiger partial charge in [-0.1, -0.05) is 12.1 Å². The number of likely N-dealkylation sites (N-methyl/N-ethyl adjacent to an activating group) is 1. The van der Waals surface area contributed by atoms with Crippen LogP contribution in [-0.2, 0) is 0 Å². The summed E-state index contributed by atoms with van der Waals surface area (Å²) in [5, 5.41) is 6.91. The Morgan fingerprint density at radius 3 is 3.06 bits per heavy atom. The maximum atomic E-state index is 3.54. The number of piperazine rings is 1. The van der Waals surface area contributed by atoms with Crippen LogP contribution < -0.4 is 10.6 Å². The number of rotatable bonds is 3. The van der Waals surface area contributed by atoms with Gasteiger partial charge in [0.15, 0.2) is 0 Å². The highest BCUT2D eigenvalue weighted by Gasteiger charge is 2.17. The molecule has 1 unspecified atom stereocenters. The van der Waals surface area contributed by atoms with Crippen molar-refractivity contribution in [3.05, 3.63) is 28.7 Å². The first-order chi connectivity index (χ1) is 7.77. The van der Waals surface area contributed by atoms with Gasteiger partial charge in [-0.05, 0) is 35.1 Å². The summed E-state index contributed by atoms with van der Waals surface area (Å²) in [6.45, 7) is 4.27. The van der Waals surface area contributed by atoms with E-state index in [1.54, 1.807) is 0 Å². The summed E-state index contributed by atoms with van der Waals surface area (Å²) in [6, 6.07) is 8.81. The van der Waals surface area contributed by atoms with Crippen LogP contribution in [0.15, 0.2) is 28.7 Å². The van der Waals surface area contributed by atoms with E-state index < -0.39 is 0 Å². The third kappa shape index (κ3) is 2.97. The van der Waals surface area contributed by atoms with Crippen molar-refractivity contribution in [3.8, 4) is 0 Å². The van der Waals surface area contributed by atoms with Gasteiger partial charge in [-0.2, -0.15) is 0 Å². The molecule has 0 radical (unpaired) electrons. The normalized spacial score (nSPS) is 22.0. The fourth-order valence-electron chi connectivity index (χ4n) is 1.92. The van der Waals surface area contributed by atoms with Crippen molar-refractivity contribution in [2.45, 2.75) is 6.04 Å². The van der Waals surface area contributed by atoms with Crippen LogP contribution in [0.2, 0.25) is 0 Å². The van der Waals surface area contributed by atoms with Gasteiger partial charge in [0.05, 0.1) is 0 Å². The first kappa shape index (κ1) is 11.9. The summed E-state index contributed by atoms with van der Waals surface area (Å²) >= 11 is 3.54. The zero-order valence-corrected chi connectivity index (χ0v) is 11.1. The van der Waals surface area contributed by atoms with Gasteiger partial charge < -0.3 is 10.6 Å². The Bertz CT molecular complexity index is 343. The lowest BCUT2D eigenvalue weighted by Gasteiger charge is -2.33. The average molecular weight is 284 g/mol. The Balaban J connectivity index is 1.89. The topological polar surface area (TPSA) is 27.3 Å². The number of hydrogen-bond acceptors (Lipinski definition) is 3. The van der Waals surface area contributed by atoms with Crippen LogP contribution >= 0.6 is 15.9 Å². The highest BCUT2D eigenvalue weighted by atomic mass is 79.9. The zero-order valence-electron chi connectivity index (χ0n) is 9.54. The summed E-state index contributed by atoms with van der Waals surface area (Å²) in [7, 11) is 2.19. The van der Waals surface area contributed by atoms with E-state index in [0.717, 1.165) is 30.7 Å². The summed E-state index contributed by atoms with van der Waals surface area (Å²) in [6.07, 6.45) is 0. The van der Waals surface area contributed by atoms with E-state index in [9.17, 15) is 0 Å². The van der Waals surface area contributed by atoms with Crippen molar-refractivity contribution in [3.63, 3.8) is 0 Å². The first-order valence-corrected chi connectivity index (χ1v) is 6.46. The number of halogens is 1. The lowest BCUT2D eigenvalue weighted by Crippen LogP contribution is -2.52. The minimum atomic E-state index is 0.570.